The van der Waals surface area contributed by atoms with Crippen molar-refractivity contribution >= 4 is 32.4 Å². The van der Waals surface area contributed by atoms with Crippen LogP contribution >= 0.6 is 11.3 Å². The third-order valence-corrected chi connectivity index (χ3v) is 6.77. The zero-order valence-electron chi connectivity index (χ0n) is 14.8. The molecule has 1 aliphatic rings. The van der Waals surface area contributed by atoms with Crippen LogP contribution in [0.4, 0.5) is 9.52 Å². The topological polar surface area (TPSA) is 88.2 Å². The van der Waals surface area contributed by atoms with Crippen molar-refractivity contribution in [3.05, 3.63) is 41.2 Å². The first-order valence-electron chi connectivity index (χ1n) is 8.94. The maximum Gasteiger partial charge on any atom is 0.263 e. The molecule has 2 N–H and O–H groups in total. The Labute approximate surface area is 162 Å². The maximum absolute atomic E-state index is 12.9. The van der Waals surface area contributed by atoms with E-state index in [0.29, 0.717) is 18.5 Å². The highest BCUT2D eigenvalue weighted by atomic mass is 32.2. The quantitative estimate of drug-likeness (QED) is 0.730. The van der Waals surface area contributed by atoms with Crippen LogP contribution < -0.4 is 10.0 Å². The summed E-state index contributed by atoms with van der Waals surface area (Å²) in [6, 6.07) is 4.85. The minimum absolute atomic E-state index is 0.00310. The van der Waals surface area contributed by atoms with Crippen molar-refractivity contribution in [1.82, 2.24) is 10.3 Å². The van der Waals surface area contributed by atoms with E-state index in [1.54, 1.807) is 5.38 Å². The summed E-state index contributed by atoms with van der Waals surface area (Å²) in [4.78, 5) is 16.3. The predicted octanol–water partition coefficient (Wildman–Crippen LogP) is 3.46. The lowest BCUT2D eigenvalue weighted by atomic mass is 9.95. The highest BCUT2D eigenvalue weighted by Crippen LogP contribution is 2.21. The summed E-state index contributed by atoms with van der Waals surface area (Å²) < 4.78 is 39.9. The summed E-state index contributed by atoms with van der Waals surface area (Å²) >= 11 is 1.15. The van der Waals surface area contributed by atoms with Crippen LogP contribution in [0.5, 0.6) is 0 Å². The van der Waals surface area contributed by atoms with Crippen LogP contribution in [0, 0.1) is 5.82 Å². The standard InChI is InChI=1S/C18H22FN3O3S2/c19-13-6-9-16(10-7-13)27(24,25)22-18-21-15(12-26-18)8-11-17(23)20-14-4-2-1-3-5-14/h6-7,9-10,12,14H,1-5,8,11H2,(H,20,23)(H,21,22). The van der Waals surface area contributed by atoms with Crippen molar-refractivity contribution in [2.24, 2.45) is 0 Å². The average Bonchev–Trinajstić information content (AvgIpc) is 3.08. The fourth-order valence-electron chi connectivity index (χ4n) is 3.04. The van der Waals surface area contributed by atoms with Gasteiger partial charge in [-0.05, 0) is 43.5 Å². The van der Waals surface area contributed by atoms with Crippen molar-refractivity contribution in [3.63, 3.8) is 0 Å². The molecule has 146 valence electrons. The molecule has 2 aromatic rings. The second-order valence-corrected chi connectivity index (χ2v) is 9.15. The molecule has 1 aliphatic carbocycles. The van der Waals surface area contributed by atoms with Crippen LogP contribution in [0.2, 0.25) is 0 Å². The van der Waals surface area contributed by atoms with E-state index in [1.165, 1.54) is 18.6 Å². The summed E-state index contributed by atoms with van der Waals surface area (Å²) in [6.45, 7) is 0. The second kappa shape index (κ2) is 8.79. The first-order chi connectivity index (χ1) is 12.9. The number of benzene rings is 1. The number of thiazole rings is 1. The van der Waals surface area contributed by atoms with Crippen LogP contribution in [-0.2, 0) is 21.2 Å². The molecular formula is C18H22FN3O3S2. The first-order valence-corrected chi connectivity index (χ1v) is 11.3. The van der Waals surface area contributed by atoms with Gasteiger partial charge in [0.05, 0.1) is 10.6 Å². The van der Waals surface area contributed by atoms with Gasteiger partial charge in [-0.25, -0.2) is 17.8 Å². The normalized spacial score (nSPS) is 15.4. The monoisotopic (exact) mass is 411 g/mol. The van der Waals surface area contributed by atoms with Gasteiger partial charge in [-0.3, -0.25) is 9.52 Å². The Hall–Kier alpha value is -2.00. The molecule has 1 fully saturated rings. The number of halogens is 1. The zero-order chi connectivity index (χ0) is 19.3. The minimum Gasteiger partial charge on any atom is -0.353 e. The van der Waals surface area contributed by atoms with Gasteiger partial charge in [0.15, 0.2) is 5.13 Å². The number of carbonyl (C=O) groups excluding carboxylic acids is 1. The molecule has 1 amide bonds. The van der Waals surface area contributed by atoms with Crippen LogP contribution in [0.15, 0.2) is 34.5 Å². The Morgan fingerprint density at radius 2 is 1.89 bits per heavy atom. The lowest BCUT2D eigenvalue weighted by Crippen LogP contribution is -2.36. The number of anilines is 1. The summed E-state index contributed by atoms with van der Waals surface area (Å²) in [7, 11) is -3.82. The van der Waals surface area contributed by atoms with Crippen molar-refractivity contribution in [2.45, 2.75) is 55.9 Å². The van der Waals surface area contributed by atoms with E-state index >= 15 is 0 Å². The van der Waals surface area contributed by atoms with Gasteiger partial charge in [0.2, 0.25) is 5.91 Å². The van der Waals surface area contributed by atoms with Gasteiger partial charge in [0, 0.05) is 17.8 Å². The van der Waals surface area contributed by atoms with Gasteiger partial charge < -0.3 is 5.32 Å². The van der Waals surface area contributed by atoms with E-state index in [2.05, 4.69) is 15.0 Å². The van der Waals surface area contributed by atoms with Gasteiger partial charge >= 0.3 is 0 Å². The van der Waals surface area contributed by atoms with Crippen molar-refractivity contribution in [1.29, 1.82) is 0 Å². The van der Waals surface area contributed by atoms with E-state index in [1.807, 2.05) is 0 Å². The summed E-state index contributed by atoms with van der Waals surface area (Å²) in [5, 5.41) is 5.01. The second-order valence-electron chi connectivity index (χ2n) is 6.61. The molecule has 9 heteroatoms. The van der Waals surface area contributed by atoms with E-state index in [9.17, 15) is 17.6 Å². The van der Waals surface area contributed by atoms with E-state index in [-0.39, 0.29) is 22.0 Å². The number of hydrogen-bond donors (Lipinski definition) is 2. The van der Waals surface area contributed by atoms with Crippen LogP contribution in [0.3, 0.4) is 0 Å². The SMILES string of the molecule is O=C(CCc1csc(NS(=O)(=O)c2ccc(F)cc2)n1)NC1CCCCC1. The Morgan fingerprint density at radius 3 is 2.59 bits per heavy atom. The highest BCUT2D eigenvalue weighted by Gasteiger charge is 2.18. The average molecular weight is 412 g/mol. The van der Waals surface area contributed by atoms with Gasteiger partial charge in [-0.1, -0.05) is 19.3 Å². The number of nitrogens with one attached hydrogen (secondary N) is 2. The number of aromatic nitrogens is 1. The van der Waals surface area contributed by atoms with Crippen molar-refractivity contribution in [3.8, 4) is 0 Å². The zero-order valence-corrected chi connectivity index (χ0v) is 16.4. The molecule has 0 saturated heterocycles. The largest absolute Gasteiger partial charge is 0.353 e. The molecule has 1 aromatic carbocycles. The number of nitrogens with zero attached hydrogens (tertiary/aromatic N) is 1. The highest BCUT2D eigenvalue weighted by molar-refractivity contribution is 7.93. The molecule has 0 spiro atoms. The molecule has 6 nitrogen and oxygen atoms in total. The van der Waals surface area contributed by atoms with Crippen molar-refractivity contribution in [2.75, 3.05) is 4.72 Å². The Balaban J connectivity index is 1.52. The van der Waals surface area contributed by atoms with Crippen LogP contribution in [0.25, 0.3) is 0 Å². The third-order valence-electron chi connectivity index (χ3n) is 4.48. The number of sulfonamides is 1. The van der Waals surface area contributed by atoms with E-state index < -0.39 is 15.8 Å². The fourth-order valence-corrected chi connectivity index (χ4v) is 5.04. The summed E-state index contributed by atoms with van der Waals surface area (Å²) in [5.74, 6) is -0.500. The van der Waals surface area contributed by atoms with E-state index in [4.69, 9.17) is 0 Å². The molecule has 0 bridgehead atoms. The Kier molecular flexibility index (Phi) is 6.43. The smallest absolute Gasteiger partial charge is 0.263 e. The molecule has 1 saturated carbocycles. The third kappa shape index (κ3) is 5.74. The predicted molar refractivity (Wildman–Crippen MR) is 103 cm³/mol. The molecule has 1 heterocycles. The number of amides is 1. The fraction of sp³-hybridized carbons (Fsp3) is 0.444. The van der Waals surface area contributed by atoms with Crippen LogP contribution in [0.1, 0.15) is 44.2 Å². The molecule has 1 aromatic heterocycles. The number of rotatable bonds is 7. The molecule has 0 radical (unpaired) electrons. The van der Waals surface area contributed by atoms with Gasteiger partial charge in [0.25, 0.3) is 10.0 Å². The summed E-state index contributed by atoms with van der Waals surface area (Å²) in [5.41, 5.74) is 0.663. The van der Waals surface area contributed by atoms with Crippen molar-refractivity contribution < 1.29 is 17.6 Å². The minimum atomic E-state index is -3.82. The number of hydrogen-bond acceptors (Lipinski definition) is 5. The summed E-state index contributed by atoms with van der Waals surface area (Å²) in [6.07, 6.45) is 6.41. The molecule has 0 unspecified atom stereocenters. The molecule has 27 heavy (non-hydrogen) atoms. The molecule has 0 atom stereocenters. The van der Waals surface area contributed by atoms with Gasteiger partial charge in [-0.15, -0.1) is 11.3 Å². The number of aryl methyl sites for hydroxylation is 1. The van der Waals surface area contributed by atoms with Gasteiger partial charge in [0.1, 0.15) is 5.82 Å². The lowest BCUT2D eigenvalue weighted by molar-refractivity contribution is -0.122. The lowest BCUT2D eigenvalue weighted by Gasteiger charge is -2.22. The first kappa shape index (κ1) is 19.8. The van der Waals surface area contributed by atoms with E-state index in [0.717, 1.165) is 49.2 Å². The molecular weight excluding hydrogens is 389 g/mol. The molecule has 0 aliphatic heterocycles. The van der Waals surface area contributed by atoms with Gasteiger partial charge in [-0.2, -0.15) is 0 Å². The Morgan fingerprint density at radius 1 is 1.19 bits per heavy atom. The maximum atomic E-state index is 12.9. The van der Waals surface area contributed by atoms with Crippen LogP contribution in [-0.4, -0.2) is 25.4 Å². The Bertz CT molecular complexity index is 876. The number of carbonyl (C=O) groups is 1. The molecule has 3 rings (SSSR count).